The molecule has 1 aromatic carbocycles. The SMILES string of the molecule is C#CCC(N)C(=O)Cc1nc2ccccc2n1CC. The number of nitrogens with zero attached hydrogens (tertiary/aromatic N) is 2. The van der Waals surface area contributed by atoms with Gasteiger partial charge in [-0.2, -0.15) is 0 Å². The van der Waals surface area contributed by atoms with Crippen LogP contribution in [0.5, 0.6) is 0 Å². The Morgan fingerprint density at radius 3 is 2.95 bits per heavy atom. The number of hydrogen-bond donors (Lipinski definition) is 1. The highest BCUT2D eigenvalue weighted by molar-refractivity contribution is 5.86. The fraction of sp³-hybridized carbons (Fsp3) is 0.333. The number of nitrogens with two attached hydrogens (primary N) is 1. The number of carbonyl (C=O) groups is 1. The predicted octanol–water partition coefficient (Wildman–Crippen LogP) is 1.52. The molecule has 0 aliphatic carbocycles. The lowest BCUT2D eigenvalue weighted by atomic mass is 10.1. The highest BCUT2D eigenvalue weighted by Gasteiger charge is 2.17. The molecular weight excluding hydrogens is 238 g/mol. The lowest BCUT2D eigenvalue weighted by Crippen LogP contribution is -2.32. The maximum Gasteiger partial charge on any atom is 0.157 e. The number of imidazole rings is 1. The molecule has 1 heterocycles. The third kappa shape index (κ3) is 2.67. The van der Waals surface area contributed by atoms with Crippen LogP contribution in [0.25, 0.3) is 11.0 Å². The minimum atomic E-state index is -0.602. The molecule has 0 saturated heterocycles. The number of carbonyl (C=O) groups excluding carboxylic acids is 1. The van der Waals surface area contributed by atoms with Crippen molar-refractivity contribution >= 4 is 16.8 Å². The van der Waals surface area contributed by atoms with E-state index in [1.54, 1.807) is 0 Å². The first-order chi connectivity index (χ1) is 9.17. The zero-order chi connectivity index (χ0) is 13.8. The van der Waals surface area contributed by atoms with Crippen molar-refractivity contribution in [1.29, 1.82) is 0 Å². The molecule has 2 rings (SSSR count). The molecule has 0 radical (unpaired) electrons. The van der Waals surface area contributed by atoms with Gasteiger partial charge >= 0.3 is 0 Å². The molecule has 0 spiro atoms. The number of hydrogen-bond acceptors (Lipinski definition) is 3. The Morgan fingerprint density at radius 2 is 2.26 bits per heavy atom. The molecule has 0 saturated carbocycles. The standard InChI is InChI=1S/C15H17N3O/c1-3-7-11(16)14(19)10-15-17-12-8-5-6-9-13(12)18(15)4-2/h1,5-6,8-9,11H,4,7,10,16H2,2H3. The van der Waals surface area contributed by atoms with Gasteiger partial charge < -0.3 is 10.3 Å². The Kier molecular flexibility index (Phi) is 3.98. The monoisotopic (exact) mass is 255 g/mol. The molecule has 0 amide bonds. The zero-order valence-electron chi connectivity index (χ0n) is 11.0. The number of fused-ring (bicyclic) bond motifs is 1. The molecule has 1 aromatic heterocycles. The van der Waals surface area contributed by atoms with Crippen molar-refractivity contribution in [2.75, 3.05) is 0 Å². The highest BCUT2D eigenvalue weighted by atomic mass is 16.1. The molecule has 98 valence electrons. The van der Waals surface area contributed by atoms with Gasteiger partial charge in [0.1, 0.15) is 5.82 Å². The maximum absolute atomic E-state index is 12.0. The van der Waals surface area contributed by atoms with E-state index in [4.69, 9.17) is 12.2 Å². The summed E-state index contributed by atoms with van der Waals surface area (Å²) in [6, 6.07) is 7.24. The van der Waals surface area contributed by atoms with Gasteiger partial charge in [-0.05, 0) is 19.1 Å². The topological polar surface area (TPSA) is 60.9 Å². The van der Waals surface area contributed by atoms with Gasteiger partial charge in [-0.25, -0.2) is 4.98 Å². The summed E-state index contributed by atoms with van der Waals surface area (Å²) < 4.78 is 2.04. The Bertz CT molecular complexity index is 636. The van der Waals surface area contributed by atoms with Crippen LogP contribution in [0.4, 0.5) is 0 Å². The van der Waals surface area contributed by atoms with E-state index < -0.39 is 6.04 Å². The number of aryl methyl sites for hydroxylation is 1. The Balaban J connectivity index is 2.30. The van der Waals surface area contributed by atoms with E-state index in [1.165, 1.54) is 0 Å². The van der Waals surface area contributed by atoms with E-state index in [0.717, 1.165) is 23.4 Å². The fourth-order valence-corrected chi connectivity index (χ4v) is 2.14. The van der Waals surface area contributed by atoms with Crippen molar-refractivity contribution in [3.8, 4) is 12.3 Å². The average Bonchev–Trinajstić information content (AvgIpc) is 2.75. The van der Waals surface area contributed by atoms with Gasteiger partial charge in [-0.3, -0.25) is 4.79 Å². The first-order valence-electron chi connectivity index (χ1n) is 6.33. The minimum absolute atomic E-state index is 0.0667. The smallest absolute Gasteiger partial charge is 0.157 e. The fourth-order valence-electron chi connectivity index (χ4n) is 2.14. The van der Waals surface area contributed by atoms with Crippen LogP contribution in [-0.2, 0) is 17.8 Å². The van der Waals surface area contributed by atoms with Gasteiger partial charge in [0, 0.05) is 13.0 Å². The number of Topliss-reactive ketones (excluding diaryl/α,β-unsaturated/α-hetero) is 1. The van der Waals surface area contributed by atoms with Gasteiger partial charge in [0.05, 0.1) is 23.5 Å². The van der Waals surface area contributed by atoms with Gasteiger partial charge in [-0.1, -0.05) is 12.1 Å². The number of benzene rings is 1. The minimum Gasteiger partial charge on any atom is -0.328 e. The molecule has 0 aliphatic heterocycles. The van der Waals surface area contributed by atoms with Crippen molar-refractivity contribution in [2.24, 2.45) is 5.73 Å². The van der Waals surface area contributed by atoms with Crippen molar-refractivity contribution < 1.29 is 4.79 Å². The van der Waals surface area contributed by atoms with E-state index in [0.29, 0.717) is 0 Å². The molecule has 1 unspecified atom stereocenters. The van der Waals surface area contributed by atoms with Crippen LogP contribution < -0.4 is 5.73 Å². The van der Waals surface area contributed by atoms with Crippen molar-refractivity contribution in [3.05, 3.63) is 30.1 Å². The second kappa shape index (κ2) is 5.68. The van der Waals surface area contributed by atoms with E-state index in [9.17, 15) is 4.79 Å². The van der Waals surface area contributed by atoms with Crippen molar-refractivity contribution in [3.63, 3.8) is 0 Å². The summed E-state index contributed by atoms with van der Waals surface area (Å²) in [6.45, 7) is 2.80. The Morgan fingerprint density at radius 1 is 1.53 bits per heavy atom. The molecule has 0 bridgehead atoms. The van der Waals surface area contributed by atoms with Crippen LogP contribution in [0, 0.1) is 12.3 Å². The molecule has 19 heavy (non-hydrogen) atoms. The molecule has 0 aliphatic rings. The first-order valence-corrected chi connectivity index (χ1v) is 6.33. The largest absolute Gasteiger partial charge is 0.328 e. The van der Waals surface area contributed by atoms with Crippen LogP contribution in [0.1, 0.15) is 19.2 Å². The van der Waals surface area contributed by atoms with E-state index in [-0.39, 0.29) is 18.6 Å². The second-order valence-corrected chi connectivity index (χ2v) is 4.42. The second-order valence-electron chi connectivity index (χ2n) is 4.42. The third-order valence-corrected chi connectivity index (χ3v) is 3.13. The summed E-state index contributed by atoms with van der Waals surface area (Å²) in [6.07, 6.45) is 5.67. The first kappa shape index (κ1) is 13.3. The van der Waals surface area contributed by atoms with E-state index in [2.05, 4.69) is 10.9 Å². The van der Waals surface area contributed by atoms with Crippen LogP contribution in [0.3, 0.4) is 0 Å². The molecule has 2 aromatic rings. The van der Waals surface area contributed by atoms with Gasteiger partial charge in [0.25, 0.3) is 0 Å². The average molecular weight is 255 g/mol. The zero-order valence-corrected chi connectivity index (χ0v) is 11.0. The molecule has 4 heteroatoms. The lowest BCUT2D eigenvalue weighted by molar-refractivity contribution is -0.119. The predicted molar refractivity (Wildman–Crippen MR) is 75.5 cm³/mol. The van der Waals surface area contributed by atoms with Gasteiger partial charge in [0.2, 0.25) is 0 Å². The summed E-state index contributed by atoms with van der Waals surface area (Å²) in [5, 5.41) is 0. The third-order valence-electron chi connectivity index (χ3n) is 3.13. The Labute approximate surface area is 112 Å². The molecule has 1 atom stereocenters. The maximum atomic E-state index is 12.0. The van der Waals surface area contributed by atoms with Crippen molar-refractivity contribution in [2.45, 2.75) is 32.4 Å². The van der Waals surface area contributed by atoms with Crippen LogP contribution in [0.15, 0.2) is 24.3 Å². The summed E-state index contributed by atoms with van der Waals surface area (Å²) >= 11 is 0. The van der Waals surface area contributed by atoms with Crippen LogP contribution >= 0.6 is 0 Å². The summed E-state index contributed by atoms with van der Waals surface area (Å²) in [5.41, 5.74) is 7.67. The number of ketones is 1. The molecular formula is C15H17N3O. The summed E-state index contributed by atoms with van der Waals surface area (Å²) in [7, 11) is 0. The molecule has 4 nitrogen and oxygen atoms in total. The number of rotatable bonds is 5. The lowest BCUT2D eigenvalue weighted by Gasteiger charge is -2.08. The summed E-state index contributed by atoms with van der Waals surface area (Å²) in [5.74, 6) is 3.10. The quantitative estimate of drug-likeness (QED) is 0.824. The van der Waals surface area contributed by atoms with Crippen molar-refractivity contribution in [1.82, 2.24) is 9.55 Å². The van der Waals surface area contributed by atoms with Gasteiger partial charge in [-0.15, -0.1) is 12.3 Å². The molecule has 2 N–H and O–H groups in total. The van der Waals surface area contributed by atoms with Crippen LogP contribution in [-0.4, -0.2) is 21.4 Å². The normalized spacial score (nSPS) is 12.3. The van der Waals surface area contributed by atoms with Crippen LogP contribution in [0.2, 0.25) is 0 Å². The Hall–Kier alpha value is -2.12. The number of para-hydroxylation sites is 2. The van der Waals surface area contributed by atoms with E-state index in [1.807, 2.05) is 35.8 Å². The highest BCUT2D eigenvalue weighted by Crippen LogP contribution is 2.16. The van der Waals surface area contributed by atoms with Gasteiger partial charge in [0.15, 0.2) is 5.78 Å². The molecule has 0 fully saturated rings. The number of terminal acetylenes is 1. The van der Waals surface area contributed by atoms with E-state index >= 15 is 0 Å². The summed E-state index contributed by atoms with van der Waals surface area (Å²) in [4.78, 5) is 16.5. The number of aromatic nitrogens is 2.